The number of benzene rings is 3. The molecule has 6 nitrogen and oxygen atoms in total. The fourth-order valence-electron chi connectivity index (χ4n) is 3.26. The standard InChI is InChI=1S/C25H19F4N3O3/c1-34-19-4-2-3-16(9-19)12-32-13-18(11-30-32)31-25(33)17-7-5-15(6-8-17)14-35-24-22(28)20(26)10-21(27)23(24)29/h2-11,13H,12,14H2,1H3,(H,31,33). The first-order chi connectivity index (χ1) is 16.8. The van der Waals surface area contributed by atoms with Crippen LogP contribution < -0.4 is 14.8 Å². The van der Waals surface area contributed by atoms with Crippen LogP contribution in [0.15, 0.2) is 67.0 Å². The first-order valence-corrected chi connectivity index (χ1v) is 10.4. The molecule has 0 saturated carbocycles. The third kappa shape index (κ3) is 5.60. The lowest BCUT2D eigenvalue weighted by atomic mass is 10.1. The van der Waals surface area contributed by atoms with Crippen molar-refractivity contribution in [2.75, 3.05) is 12.4 Å². The van der Waals surface area contributed by atoms with Gasteiger partial charge in [-0.25, -0.2) is 8.78 Å². The fourth-order valence-corrected chi connectivity index (χ4v) is 3.26. The smallest absolute Gasteiger partial charge is 0.255 e. The summed E-state index contributed by atoms with van der Waals surface area (Å²) < 4.78 is 65.8. The van der Waals surface area contributed by atoms with Gasteiger partial charge in [0, 0.05) is 17.8 Å². The van der Waals surface area contributed by atoms with Crippen LogP contribution in [0.3, 0.4) is 0 Å². The minimum Gasteiger partial charge on any atom is -0.497 e. The van der Waals surface area contributed by atoms with Crippen molar-refractivity contribution in [1.82, 2.24) is 9.78 Å². The van der Waals surface area contributed by atoms with E-state index < -0.39 is 34.9 Å². The molecule has 35 heavy (non-hydrogen) atoms. The fraction of sp³-hybridized carbons (Fsp3) is 0.120. The summed E-state index contributed by atoms with van der Waals surface area (Å²) in [5.74, 6) is -7.16. The average molecular weight is 485 g/mol. The molecule has 0 aliphatic heterocycles. The number of carbonyl (C=O) groups is 1. The second-order valence-electron chi connectivity index (χ2n) is 7.52. The first kappa shape index (κ1) is 23.8. The molecule has 3 aromatic carbocycles. The van der Waals surface area contributed by atoms with Crippen LogP contribution in [-0.2, 0) is 13.2 Å². The molecule has 4 rings (SSSR count). The maximum absolute atomic E-state index is 13.7. The summed E-state index contributed by atoms with van der Waals surface area (Å²) in [6.45, 7) is 0.119. The van der Waals surface area contributed by atoms with E-state index in [2.05, 4.69) is 10.4 Å². The zero-order valence-electron chi connectivity index (χ0n) is 18.4. The van der Waals surface area contributed by atoms with Crippen LogP contribution in [0.5, 0.6) is 11.5 Å². The Morgan fingerprint density at radius 3 is 2.37 bits per heavy atom. The van der Waals surface area contributed by atoms with Gasteiger partial charge < -0.3 is 14.8 Å². The second kappa shape index (κ2) is 10.3. The molecule has 1 N–H and O–H groups in total. The van der Waals surface area contributed by atoms with Crippen LogP contribution in [0.1, 0.15) is 21.5 Å². The Kier molecular flexibility index (Phi) is 7.00. The van der Waals surface area contributed by atoms with Crippen molar-refractivity contribution in [2.24, 2.45) is 0 Å². The van der Waals surface area contributed by atoms with Crippen LogP contribution in [0, 0.1) is 23.3 Å². The number of nitrogens with one attached hydrogen (secondary N) is 1. The minimum absolute atomic E-state index is 0.105. The molecular weight excluding hydrogens is 466 g/mol. The quantitative estimate of drug-likeness (QED) is 0.271. The van der Waals surface area contributed by atoms with Crippen molar-refractivity contribution < 1.29 is 31.8 Å². The van der Waals surface area contributed by atoms with E-state index in [1.807, 2.05) is 24.3 Å². The number of halogens is 4. The summed E-state index contributed by atoms with van der Waals surface area (Å²) in [6, 6.07) is 13.6. The third-order valence-electron chi connectivity index (χ3n) is 5.04. The molecule has 1 aromatic heterocycles. The maximum atomic E-state index is 13.7. The molecule has 0 spiro atoms. The summed E-state index contributed by atoms with van der Waals surface area (Å²) >= 11 is 0. The topological polar surface area (TPSA) is 65.4 Å². The molecule has 1 amide bonds. The lowest BCUT2D eigenvalue weighted by Gasteiger charge is -2.10. The van der Waals surface area contributed by atoms with Gasteiger partial charge in [0.25, 0.3) is 5.91 Å². The summed E-state index contributed by atoms with van der Waals surface area (Å²) in [4.78, 5) is 12.5. The predicted octanol–water partition coefficient (Wildman–Crippen LogP) is 5.33. The highest BCUT2D eigenvalue weighted by molar-refractivity contribution is 6.04. The van der Waals surface area contributed by atoms with Gasteiger partial charge in [0.15, 0.2) is 17.4 Å². The number of ether oxygens (including phenoxy) is 2. The minimum atomic E-state index is -1.62. The predicted molar refractivity (Wildman–Crippen MR) is 119 cm³/mol. The van der Waals surface area contributed by atoms with Crippen LogP contribution >= 0.6 is 0 Å². The number of carbonyl (C=O) groups excluding carboxylic acids is 1. The lowest BCUT2D eigenvalue weighted by molar-refractivity contribution is 0.102. The van der Waals surface area contributed by atoms with Crippen molar-refractivity contribution in [1.29, 1.82) is 0 Å². The molecule has 1 heterocycles. The summed E-state index contributed by atoms with van der Waals surface area (Å²) in [5, 5.41) is 6.97. The van der Waals surface area contributed by atoms with Crippen molar-refractivity contribution in [3.63, 3.8) is 0 Å². The molecule has 0 unspecified atom stereocenters. The van der Waals surface area contributed by atoms with Crippen LogP contribution in [0.4, 0.5) is 23.2 Å². The van der Waals surface area contributed by atoms with E-state index >= 15 is 0 Å². The molecule has 0 aliphatic carbocycles. The van der Waals surface area contributed by atoms with E-state index in [4.69, 9.17) is 9.47 Å². The van der Waals surface area contributed by atoms with E-state index in [-0.39, 0.29) is 12.7 Å². The molecule has 10 heteroatoms. The Labute approximate surface area is 197 Å². The number of anilines is 1. The Morgan fingerprint density at radius 1 is 0.971 bits per heavy atom. The summed E-state index contributed by atoms with van der Waals surface area (Å²) in [5.41, 5.74) is 2.20. The summed E-state index contributed by atoms with van der Waals surface area (Å²) in [7, 11) is 1.59. The van der Waals surface area contributed by atoms with E-state index in [0.717, 1.165) is 11.3 Å². The van der Waals surface area contributed by atoms with Gasteiger partial charge in [0.05, 0.1) is 25.5 Å². The van der Waals surface area contributed by atoms with Gasteiger partial charge in [-0.1, -0.05) is 24.3 Å². The molecule has 0 saturated heterocycles. The normalized spacial score (nSPS) is 10.8. The maximum Gasteiger partial charge on any atom is 0.255 e. The number of nitrogens with zero attached hydrogens (tertiary/aromatic N) is 2. The van der Waals surface area contributed by atoms with Crippen LogP contribution in [0.25, 0.3) is 0 Å². The van der Waals surface area contributed by atoms with Crippen LogP contribution in [0.2, 0.25) is 0 Å². The molecule has 180 valence electrons. The number of hydrogen-bond acceptors (Lipinski definition) is 4. The third-order valence-corrected chi connectivity index (χ3v) is 5.04. The van der Waals surface area contributed by atoms with Gasteiger partial charge in [0.1, 0.15) is 12.4 Å². The number of amides is 1. The average Bonchev–Trinajstić information content (AvgIpc) is 3.29. The number of rotatable bonds is 8. The summed E-state index contributed by atoms with van der Waals surface area (Å²) in [6.07, 6.45) is 3.20. The molecule has 4 aromatic rings. The van der Waals surface area contributed by atoms with E-state index in [9.17, 15) is 22.4 Å². The van der Waals surface area contributed by atoms with Gasteiger partial charge in [-0.3, -0.25) is 9.48 Å². The zero-order valence-corrected chi connectivity index (χ0v) is 18.4. The van der Waals surface area contributed by atoms with Gasteiger partial charge in [-0.15, -0.1) is 0 Å². The molecule has 0 radical (unpaired) electrons. The molecule has 0 bridgehead atoms. The SMILES string of the molecule is COc1cccc(Cn2cc(NC(=O)c3ccc(COc4c(F)c(F)cc(F)c4F)cc3)cn2)c1. The van der Waals surface area contributed by atoms with Crippen molar-refractivity contribution in [3.05, 3.63) is 107 Å². The Morgan fingerprint density at radius 2 is 1.69 bits per heavy atom. The van der Waals surface area contributed by atoms with Crippen molar-refractivity contribution in [3.8, 4) is 11.5 Å². The zero-order chi connectivity index (χ0) is 24.9. The molecule has 0 atom stereocenters. The highest BCUT2D eigenvalue weighted by Gasteiger charge is 2.20. The molecule has 0 aliphatic rings. The van der Waals surface area contributed by atoms with E-state index in [1.165, 1.54) is 30.5 Å². The highest BCUT2D eigenvalue weighted by Crippen LogP contribution is 2.27. The van der Waals surface area contributed by atoms with Gasteiger partial charge in [0.2, 0.25) is 11.6 Å². The van der Waals surface area contributed by atoms with E-state index in [0.29, 0.717) is 23.4 Å². The van der Waals surface area contributed by atoms with E-state index in [1.54, 1.807) is 18.0 Å². The Balaban J connectivity index is 1.36. The highest BCUT2D eigenvalue weighted by atomic mass is 19.2. The van der Waals surface area contributed by atoms with Crippen molar-refractivity contribution >= 4 is 11.6 Å². The molecular formula is C25H19F4N3O3. The lowest BCUT2D eigenvalue weighted by Crippen LogP contribution is -2.11. The second-order valence-corrected chi connectivity index (χ2v) is 7.52. The Hall–Kier alpha value is -4.34. The number of methoxy groups -OCH3 is 1. The monoisotopic (exact) mass is 485 g/mol. The van der Waals surface area contributed by atoms with Gasteiger partial charge in [-0.2, -0.15) is 13.9 Å². The van der Waals surface area contributed by atoms with Crippen molar-refractivity contribution in [2.45, 2.75) is 13.2 Å². The van der Waals surface area contributed by atoms with Crippen LogP contribution in [-0.4, -0.2) is 22.8 Å². The van der Waals surface area contributed by atoms with Gasteiger partial charge >= 0.3 is 0 Å². The first-order valence-electron chi connectivity index (χ1n) is 10.4. The number of hydrogen-bond donors (Lipinski definition) is 1. The van der Waals surface area contributed by atoms with Gasteiger partial charge in [-0.05, 0) is 35.4 Å². The molecule has 0 fully saturated rings. The largest absolute Gasteiger partial charge is 0.497 e. The number of aromatic nitrogens is 2. The Bertz CT molecular complexity index is 1330.